The van der Waals surface area contributed by atoms with Crippen LogP contribution in [0.2, 0.25) is 5.02 Å². The van der Waals surface area contributed by atoms with Crippen molar-refractivity contribution in [1.82, 2.24) is 4.98 Å². The zero-order valence-electron chi connectivity index (χ0n) is 7.41. The van der Waals surface area contributed by atoms with Gasteiger partial charge in [0.15, 0.2) is 0 Å². The van der Waals surface area contributed by atoms with E-state index in [1.54, 1.807) is 0 Å². The summed E-state index contributed by atoms with van der Waals surface area (Å²) < 4.78 is 1.10. The van der Waals surface area contributed by atoms with Crippen molar-refractivity contribution in [2.45, 2.75) is 13.8 Å². The van der Waals surface area contributed by atoms with Gasteiger partial charge in [-0.05, 0) is 47.5 Å². The van der Waals surface area contributed by atoms with Gasteiger partial charge < -0.3 is 4.98 Å². The number of hydrogen-bond donors (Lipinski definition) is 1. The first kappa shape index (κ1) is 9.10. The summed E-state index contributed by atoms with van der Waals surface area (Å²) in [6.45, 7) is 4.04. The van der Waals surface area contributed by atoms with Crippen LogP contribution >= 0.6 is 27.5 Å². The van der Waals surface area contributed by atoms with E-state index >= 15 is 0 Å². The molecule has 3 heteroatoms. The molecule has 0 aliphatic heterocycles. The molecule has 1 aromatic carbocycles. The lowest BCUT2D eigenvalue weighted by Gasteiger charge is -1.97. The zero-order chi connectivity index (χ0) is 9.59. The fourth-order valence-corrected chi connectivity index (χ4v) is 2.02. The Bertz CT molecular complexity index is 473. The topological polar surface area (TPSA) is 15.8 Å². The minimum absolute atomic E-state index is 0.812. The van der Waals surface area contributed by atoms with Gasteiger partial charge in [-0.25, -0.2) is 0 Å². The minimum atomic E-state index is 0.812. The number of fused-ring (bicyclic) bond motifs is 1. The number of aryl methyl sites for hydroxylation is 2. The Morgan fingerprint density at radius 1 is 1.31 bits per heavy atom. The molecular formula is C10H9BrClN. The SMILES string of the molecule is Cc1cc2[nH]c(C)c(Br)c2cc1Cl. The first-order valence-corrected chi connectivity index (χ1v) is 5.20. The molecule has 1 nitrogen and oxygen atoms in total. The normalized spacial score (nSPS) is 11.1. The first-order chi connectivity index (χ1) is 6.09. The second-order valence-electron chi connectivity index (χ2n) is 3.21. The molecule has 68 valence electrons. The molecule has 13 heavy (non-hydrogen) atoms. The number of halogens is 2. The number of aromatic nitrogens is 1. The molecule has 0 atom stereocenters. The minimum Gasteiger partial charge on any atom is -0.358 e. The number of rotatable bonds is 0. The molecule has 0 saturated heterocycles. The van der Waals surface area contributed by atoms with Gasteiger partial charge >= 0.3 is 0 Å². The van der Waals surface area contributed by atoms with Gasteiger partial charge in [-0.2, -0.15) is 0 Å². The van der Waals surface area contributed by atoms with E-state index in [4.69, 9.17) is 11.6 Å². The Kier molecular flexibility index (Phi) is 2.12. The number of aromatic amines is 1. The molecule has 0 saturated carbocycles. The van der Waals surface area contributed by atoms with E-state index in [1.807, 2.05) is 19.9 Å². The van der Waals surface area contributed by atoms with Crippen molar-refractivity contribution in [3.05, 3.63) is 32.9 Å². The van der Waals surface area contributed by atoms with E-state index in [-0.39, 0.29) is 0 Å². The monoisotopic (exact) mass is 257 g/mol. The van der Waals surface area contributed by atoms with Gasteiger partial charge in [0, 0.05) is 26.1 Å². The summed E-state index contributed by atoms with van der Waals surface area (Å²) in [5, 5.41) is 1.96. The average Bonchev–Trinajstić information content (AvgIpc) is 2.32. The molecule has 1 N–H and O–H groups in total. The Hall–Kier alpha value is -0.470. The molecule has 0 fully saturated rings. The Labute approximate surface area is 90.2 Å². The summed E-state index contributed by atoms with van der Waals surface area (Å²) in [4.78, 5) is 3.29. The lowest BCUT2D eigenvalue weighted by molar-refractivity contribution is 1.28. The van der Waals surface area contributed by atoms with Crippen LogP contribution in [0.4, 0.5) is 0 Å². The van der Waals surface area contributed by atoms with Crippen molar-refractivity contribution in [2.24, 2.45) is 0 Å². The van der Waals surface area contributed by atoms with E-state index in [0.29, 0.717) is 0 Å². The van der Waals surface area contributed by atoms with Gasteiger partial charge in [-0.3, -0.25) is 0 Å². The second kappa shape index (κ2) is 3.03. The van der Waals surface area contributed by atoms with Crippen molar-refractivity contribution < 1.29 is 0 Å². The Balaban J connectivity index is 2.89. The van der Waals surface area contributed by atoms with Crippen LogP contribution in [0.1, 0.15) is 11.3 Å². The summed E-state index contributed by atoms with van der Waals surface area (Å²) in [5.74, 6) is 0. The molecule has 0 aliphatic rings. The summed E-state index contributed by atoms with van der Waals surface area (Å²) in [6.07, 6.45) is 0. The molecule has 2 aromatic rings. The number of hydrogen-bond acceptors (Lipinski definition) is 0. The highest BCUT2D eigenvalue weighted by Gasteiger charge is 2.07. The van der Waals surface area contributed by atoms with Crippen molar-refractivity contribution in [2.75, 3.05) is 0 Å². The van der Waals surface area contributed by atoms with Crippen molar-refractivity contribution in [3.8, 4) is 0 Å². The van der Waals surface area contributed by atoms with Crippen LogP contribution in [-0.2, 0) is 0 Å². The molecule has 0 aliphatic carbocycles. The van der Waals surface area contributed by atoms with E-state index < -0.39 is 0 Å². The highest BCUT2D eigenvalue weighted by molar-refractivity contribution is 9.10. The average molecular weight is 259 g/mol. The van der Waals surface area contributed by atoms with Crippen LogP contribution in [0.15, 0.2) is 16.6 Å². The first-order valence-electron chi connectivity index (χ1n) is 4.03. The van der Waals surface area contributed by atoms with Crippen LogP contribution in [0, 0.1) is 13.8 Å². The fraction of sp³-hybridized carbons (Fsp3) is 0.200. The maximum atomic E-state index is 6.03. The Morgan fingerprint density at radius 2 is 2.00 bits per heavy atom. The molecule has 0 bridgehead atoms. The second-order valence-corrected chi connectivity index (χ2v) is 4.41. The molecule has 0 radical (unpaired) electrons. The smallest absolute Gasteiger partial charge is 0.0471 e. The molecule has 1 heterocycles. The standard InChI is InChI=1S/C10H9BrClN/c1-5-3-9-7(4-8(5)12)10(11)6(2)13-9/h3-4,13H,1-2H3. The van der Waals surface area contributed by atoms with E-state index in [0.717, 1.165) is 31.7 Å². The third kappa shape index (κ3) is 1.38. The van der Waals surface area contributed by atoms with Gasteiger partial charge in [-0.15, -0.1) is 0 Å². The quantitative estimate of drug-likeness (QED) is 0.729. The van der Waals surface area contributed by atoms with E-state index in [1.165, 1.54) is 0 Å². The molecule has 0 unspecified atom stereocenters. The summed E-state index contributed by atoms with van der Waals surface area (Å²) >= 11 is 9.55. The van der Waals surface area contributed by atoms with Gasteiger partial charge in [0.25, 0.3) is 0 Å². The highest BCUT2D eigenvalue weighted by Crippen LogP contribution is 2.31. The van der Waals surface area contributed by atoms with Gasteiger partial charge in [0.1, 0.15) is 0 Å². The van der Waals surface area contributed by atoms with Crippen LogP contribution in [0.25, 0.3) is 10.9 Å². The predicted molar refractivity (Wildman–Crippen MR) is 60.5 cm³/mol. The van der Waals surface area contributed by atoms with Crippen molar-refractivity contribution in [3.63, 3.8) is 0 Å². The largest absolute Gasteiger partial charge is 0.358 e. The van der Waals surface area contributed by atoms with Crippen LogP contribution < -0.4 is 0 Å². The zero-order valence-corrected chi connectivity index (χ0v) is 9.75. The van der Waals surface area contributed by atoms with Crippen molar-refractivity contribution >= 4 is 38.4 Å². The van der Waals surface area contributed by atoms with Crippen LogP contribution in [0.5, 0.6) is 0 Å². The predicted octanol–water partition coefficient (Wildman–Crippen LogP) is 4.20. The number of benzene rings is 1. The third-order valence-corrected chi connectivity index (χ3v) is 3.62. The van der Waals surface area contributed by atoms with Crippen LogP contribution in [0.3, 0.4) is 0 Å². The third-order valence-electron chi connectivity index (χ3n) is 2.19. The maximum Gasteiger partial charge on any atom is 0.0471 e. The summed E-state index contributed by atoms with van der Waals surface area (Å²) in [5.41, 5.74) is 3.37. The van der Waals surface area contributed by atoms with Gasteiger partial charge in [0.05, 0.1) is 0 Å². The molecule has 1 aromatic heterocycles. The fourth-order valence-electron chi connectivity index (χ4n) is 1.43. The van der Waals surface area contributed by atoms with E-state index in [2.05, 4.69) is 27.0 Å². The summed E-state index contributed by atoms with van der Waals surface area (Å²) in [7, 11) is 0. The van der Waals surface area contributed by atoms with Gasteiger partial charge in [-0.1, -0.05) is 11.6 Å². The highest BCUT2D eigenvalue weighted by atomic mass is 79.9. The molecule has 0 amide bonds. The number of H-pyrrole nitrogens is 1. The number of nitrogens with one attached hydrogen (secondary N) is 1. The molecule has 0 spiro atoms. The molecular weight excluding hydrogens is 249 g/mol. The van der Waals surface area contributed by atoms with E-state index in [9.17, 15) is 0 Å². The lowest BCUT2D eigenvalue weighted by atomic mass is 10.2. The van der Waals surface area contributed by atoms with Crippen molar-refractivity contribution in [1.29, 1.82) is 0 Å². The van der Waals surface area contributed by atoms with Gasteiger partial charge in [0.2, 0.25) is 0 Å². The summed E-state index contributed by atoms with van der Waals surface area (Å²) in [6, 6.07) is 4.05. The molecule has 2 rings (SSSR count). The van der Waals surface area contributed by atoms with Crippen LogP contribution in [-0.4, -0.2) is 4.98 Å². The maximum absolute atomic E-state index is 6.03. The lowest BCUT2D eigenvalue weighted by Crippen LogP contribution is -1.75. The Morgan fingerprint density at radius 3 is 2.69 bits per heavy atom.